The van der Waals surface area contributed by atoms with Crippen LogP contribution in [0, 0.1) is 0 Å². The van der Waals surface area contributed by atoms with Crippen LogP contribution in [0.3, 0.4) is 0 Å². The minimum Gasteiger partial charge on any atom is -0.347 e. The summed E-state index contributed by atoms with van der Waals surface area (Å²) in [5.74, 6) is 0.413. The van der Waals surface area contributed by atoms with Crippen LogP contribution in [0.5, 0.6) is 0 Å². The van der Waals surface area contributed by atoms with Gasteiger partial charge in [-0.15, -0.1) is 11.8 Å². The highest BCUT2D eigenvalue weighted by Crippen LogP contribution is 2.30. The number of carbonyl (C=O) groups is 2. The standard InChI is InChI=1S/C20H33N5O2S/c1-14(26)24-13-28-20(2,3)18(23-11-17(22)10-21)19(27)25-9-8-15-6-4-5-7-16(15)12-25/h4-7,17-18,23H,8-13,21-22H2,1-3H3,(H,24,26)/t17-,18+/m0/s1. The van der Waals surface area contributed by atoms with Crippen molar-refractivity contribution in [2.45, 2.75) is 50.6 Å². The van der Waals surface area contributed by atoms with Crippen LogP contribution >= 0.6 is 11.8 Å². The van der Waals surface area contributed by atoms with Crippen molar-refractivity contribution in [3.8, 4) is 0 Å². The fourth-order valence-corrected chi connectivity index (χ4v) is 4.25. The Labute approximate surface area is 172 Å². The Kier molecular flexibility index (Phi) is 8.30. The van der Waals surface area contributed by atoms with Crippen LogP contribution in [0.4, 0.5) is 0 Å². The monoisotopic (exact) mass is 407 g/mol. The molecule has 0 unspecified atom stereocenters. The molecule has 0 saturated heterocycles. The summed E-state index contributed by atoms with van der Waals surface area (Å²) in [4.78, 5) is 26.6. The molecule has 0 bridgehead atoms. The zero-order valence-electron chi connectivity index (χ0n) is 17.0. The molecule has 7 nitrogen and oxygen atoms in total. The van der Waals surface area contributed by atoms with E-state index in [9.17, 15) is 9.59 Å². The van der Waals surface area contributed by atoms with Crippen LogP contribution in [0.25, 0.3) is 0 Å². The lowest BCUT2D eigenvalue weighted by molar-refractivity contribution is -0.135. The van der Waals surface area contributed by atoms with Crippen molar-refractivity contribution >= 4 is 23.6 Å². The Morgan fingerprint density at radius 3 is 2.61 bits per heavy atom. The highest BCUT2D eigenvalue weighted by atomic mass is 32.2. The van der Waals surface area contributed by atoms with Gasteiger partial charge in [0.15, 0.2) is 0 Å². The molecule has 0 aromatic heterocycles. The van der Waals surface area contributed by atoms with Crippen molar-refractivity contribution < 1.29 is 9.59 Å². The second kappa shape index (κ2) is 10.2. The van der Waals surface area contributed by atoms with E-state index in [4.69, 9.17) is 11.5 Å². The maximum absolute atomic E-state index is 13.4. The van der Waals surface area contributed by atoms with Gasteiger partial charge in [-0.05, 0) is 31.4 Å². The van der Waals surface area contributed by atoms with Gasteiger partial charge in [0, 0.05) is 43.9 Å². The number of thioether (sulfide) groups is 1. The van der Waals surface area contributed by atoms with E-state index >= 15 is 0 Å². The fourth-order valence-electron chi connectivity index (χ4n) is 3.26. The average Bonchev–Trinajstić information content (AvgIpc) is 2.66. The van der Waals surface area contributed by atoms with E-state index in [1.54, 1.807) is 0 Å². The topological polar surface area (TPSA) is 113 Å². The molecule has 0 spiro atoms. The van der Waals surface area contributed by atoms with Gasteiger partial charge in [-0.1, -0.05) is 24.3 Å². The van der Waals surface area contributed by atoms with E-state index in [1.807, 2.05) is 30.9 Å². The van der Waals surface area contributed by atoms with Crippen molar-refractivity contribution in [2.24, 2.45) is 11.5 Å². The van der Waals surface area contributed by atoms with Gasteiger partial charge in [-0.3, -0.25) is 9.59 Å². The second-order valence-corrected chi connectivity index (χ2v) is 9.37. The lowest BCUT2D eigenvalue weighted by Crippen LogP contribution is -2.59. The number of hydrogen-bond donors (Lipinski definition) is 4. The van der Waals surface area contributed by atoms with Crippen molar-refractivity contribution in [3.05, 3.63) is 35.4 Å². The zero-order valence-corrected chi connectivity index (χ0v) is 17.8. The molecule has 2 atom stereocenters. The SMILES string of the molecule is CC(=O)NCSC(C)(C)[C@H](NC[C@@H](N)CN)C(=O)N1CCc2ccccc2C1. The maximum atomic E-state index is 13.4. The molecular weight excluding hydrogens is 374 g/mol. The number of nitrogens with zero attached hydrogens (tertiary/aromatic N) is 1. The predicted octanol–water partition coefficient (Wildman–Crippen LogP) is 0.421. The Bertz CT molecular complexity index is 682. The summed E-state index contributed by atoms with van der Waals surface area (Å²) in [6.45, 7) is 7.64. The van der Waals surface area contributed by atoms with E-state index in [2.05, 4.69) is 22.8 Å². The molecule has 0 saturated carbocycles. The van der Waals surface area contributed by atoms with E-state index in [0.717, 1.165) is 6.42 Å². The number of nitrogens with two attached hydrogens (primary N) is 2. The Hall–Kier alpha value is -1.61. The second-order valence-electron chi connectivity index (χ2n) is 7.74. The third kappa shape index (κ3) is 6.20. The molecule has 156 valence electrons. The van der Waals surface area contributed by atoms with Gasteiger partial charge in [-0.2, -0.15) is 0 Å². The molecule has 1 aliphatic heterocycles. The number of benzene rings is 1. The molecule has 0 fully saturated rings. The normalized spacial score (nSPS) is 16.2. The lowest BCUT2D eigenvalue weighted by atomic mass is 9.96. The van der Waals surface area contributed by atoms with Crippen molar-refractivity contribution in [1.82, 2.24) is 15.5 Å². The molecule has 8 heteroatoms. The summed E-state index contributed by atoms with van der Waals surface area (Å²) in [6, 6.07) is 7.60. The van der Waals surface area contributed by atoms with Crippen LogP contribution < -0.4 is 22.1 Å². The highest BCUT2D eigenvalue weighted by molar-refractivity contribution is 8.00. The summed E-state index contributed by atoms with van der Waals surface area (Å²) in [5, 5.41) is 6.13. The molecule has 1 heterocycles. The minimum absolute atomic E-state index is 0.0547. The molecule has 0 aliphatic carbocycles. The Balaban J connectivity index is 2.13. The van der Waals surface area contributed by atoms with Crippen molar-refractivity contribution in [3.63, 3.8) is 0 Å². The number of hydrogen-bond acceptors (Lipinski definition) is 6. The number of carbonyl (C=O) groups excluding carboxylic acids is 2. The van der Waals surface area contributed by atoms with Crippen LogP contribution in [0.2, 0.25) is 0 Å². The van der Waals surface area contributed by atoms with Gasteiger partial charge in [-0.25, -0.2) is 0 Å². The lowest BCUT2D eigenvalue weighted by Gasteiger charge is -2.39. The fraction of sp³-hybridized carbons (Fsp3) is 0.600. The summed E-state index contributed by atoms with van der Waals surface area (Å²) < 4.78 is -0.440. The zero-order chi connectivity index (χ0) is 20.7. The molecule has 6 N–H and O–H groups in total. The Morgan fingerprint density at radius 2 is 1.96 bits per heavy atom. The summed E-state index contributed by atoms with van der Waals surface area (Å²) in [5.41, 5.74) is 14.1. The van der Waals surface area contributed by atoms with Crippen LogP contribution in [-0.2, 0) is 22.6 Å². The first kappa shape index (κ1) is 22.7. The highest BCUT2D eigenvalue weighted by Gasteiger charge is 2.38. The van der Waals surface area contributed by atoms with Crippen molar-refractivity contribution in [2.75, 3.05) is 25.5 Å². The molecule has 0 radical (unpaired) electrons. The smallest absolute Gasteiger partial charge is 0.241 e. The first-order chi connectivity index (χ1) is 13.2. The van der Waals surface area contributed by atoms with E-state index in [-0.39, 0.29) is 17.9 Å². The average molecular weight is 408 g/mol. The minimum atomic E-state index is -0.440. The third-order valence-electron chi connectivity index (χ3n) is 5.04. The summed E-state index contributed by atoms with van der Waals surface area (Å²) in [7, 11) is 0. The molecule has 2 amide bonds. The number of rotatable bonds is 9. The van der Waals surface area contributed by atoms with Gasteiger partial charge in [0.25, 0.3) is 0 Å². The van der Waals surface area contributed by atoms with Crippen molar-refractivity contribution in [1.29, 1.82) is 0 Å². The van der Waals surface area contributed by atoms with Crippen LogP contribution in [0.15, 0.2) is 24.3 Å². The molecule has 1 aliphatic rings. The molecular formula is C20H33N5O2S. The van der Waals surface area contributed by atoms with Gasteiger partial charge in [0.2, 0.25) is 11.8 Å². The van der Waals surface area contributed by atoms with Gasteiger partial charge in [0.05, 0.1) is 5.88 Å². The largest absolute Gasteiger partial charge is 0.347 e. The Morgan fingerprint density at radius 1 is 1.29 bits per heavy atom. The first-order valence-corrected chi connectivity index (χ1v) is 10.7. The van der Waals surface area contributed by atoms with Gasteiger partial charge in [0.1, 0.15) is 6.04 Å². The van der Waals surface area contributed by atoms with Gasteiger partial charge < -0.3 is 27.0 Å². The van der Waals surface area contributed by atoms with Crippen LogP contribution in [-0.4, -0.2) is 59.1 Å². The summed E-state index contributed by atoms with van der Waals surface area (Å²) in [6.07, 6.45) is 0.858. The third-order valence-corrected chi connectivity index (χ3v) is 6.31. The van der Waals surface area contributed by atoms with Gasteiger partial charge >= 0.3 is 0 Å². The predicted molar refractivity (Wildman–Crippen MR) is 115 cm³/mol. The molecule has 1 aromatic rings. The maximum Gasteiger partial charge on any atom is 0.241 e. The van der Waals surface area contributed by atoms with E-state index in [1.165, 1.54) is 29.8 Å². The quantitative estimate of drug-likeness (QED) is 0.441. The molecule has 28 heavy (non-hydrogen) atoms. The van der Waals surface area contributed by atoms with Crippen LogP contribution in [0.1, 0.15) is 31.9 Å². The number of amides is 2. The first-order valence-electron chi connectivity index (χ1n) is 9.67. The molecule has 2 rings (SSSR count). The molecule has 1 aromatic carbocycles. The van der Waals surface area contributed by atoms with E-state index < -0.39 is 10.8 Å². The van der Waals surface area contributed by atoms with E-state index in [0.29, 0.717) is 32.1 Å². The summed E-state index contributed by atoms with van der Waals surface area (Å²) >= 11 is 1.54. The number of fused-ring (bicyclic) bond motifs is 1. The number of nitrogens with one attached hydrogen (secondary N) is 2.